The van der Waals surface area contributed by atoms with Crippen LogP contribution in [0, 0.1) is 6.92 Å². The Bertz CT molecular complexity index is 325. The van der Waals surface area contributed by atoms with E-state index in [0.717, 1.165) is 0 Å². The van der Waals surface area contributed by atoms with Gasteiger partial charge >= 0.3 is 0 Å². The van der Waals surface area contributed by atoms with Gasteiger partial charge in [-0.3, -0.25) is 0 Å². The smallest absolute Gasteiger partial charge is 0.106 e. The molecule has 78 valence electrons. The lowest BCUT2D eigenvalue weighted by atomic mass is 10.0. The average molecular weight is 192 g/mol. The van der Waals surface area contributed by atoms with Gasteiger partial charge < -0.3 is 4.57 Å². The van der Waals surface area contributed by atoms with Crippen LogP contribution in [0.2, 0.25) is 0 Å². The summed E-state index contributed by atoms with van der Waals surface area (Å²) in [5.41, 5.74) is 2.89. The lowest BCUT2D eigenvalue weighted by Gasteiger charge is -2.19. The predicted octanol–water partition coefficient (Wildman–Crippen LogP) is 3.04. The Kier molecular flexibility index (Phi) is 2.62. The minimum absolute atomic E-state index is 0.615. The maximum atomic E-state index is 4.68. The molecule has 0 aromatic carbocycles. The molecule has 0 fully saturated rings. The summed E-state index contributed by atoms with van der Waals surface area (Å²) in [6, 6.07) is 0.615. The van der Waals surface area contributed by atoms with E-state index in [1.807, 2.05) is 0 Å². The number of rotatable bonds is 2. The highest BCUT2D eigenvalue weighted by Crippen LogP contribution is 2.26. The highest BCUT2D eigenvalue weighted by Gasteiger charge is 2.19. The molecule has 1 aliphatic rings. The molecule has 1 unspecified atom stereocenters. The molecule has 14 heavy (non-hydrogen) atoms. The van der Waals surface area contributed by atoms with Crippen LogP contribution in [0.25, 0.3) is 0 Å². The van der Waals surface area contributed by atoms with Gasteiger partial charge in [0.1, 0.15) is 5.82 Å². The van der Waals surface area contributed by atoms with Gasteiger partial charge in [-0.2, -0.15) is 0 Å². The standard InChI is InChI=1S/C12H20N2/c1-4-9(2)14-10(3)13-11-7-5-6-8-12(11)14/h9H,4-8H2,1-3H3. The van der Waals surface area contributed by atoms with Crippen LogP contribution in [0.3, 0.4) is 0 Å². The van der Waals surface area contributed by atoms with E-state index < -0.39 is 0 Å². The maximum Gasteiger partial charge on any atom is 0.106 e. The summed E-state index contributed by atoms with van der Waals surface area (Å²) >= 11 is 0. The molecule has 0 saturated carbocycles. The molecule has 0 aliphatic heterocycles. The summed E-state index contributed by atoms with van der Waals surface area (Å²) in [6.45, 7) is 6.69. The second kappa shape index (κ2) is 3.76. The zero-order valence-corrected chi connectivity index (χ0v) is 9.51. The van der Waals surface area contributed by atoms with Gasteiger partial charge in [0.25, 0.3) is 0 Å². The van der Waals surface area contributed by atoms with Gasteiger partial charge in [0.15, 0.2) is 0 Å². The van der Waals surface area contributed by atoms with E-state index in [0.29, 0.717) is 6.04 Å². The summed E-state index contributed by atoms with van der Waals surface area (Å²) in [4.78, 5) is 4.68. The minimum Gasteiger partial charge on any atom is -0.329 e. The molecule has 1 heterocycles. The third-order valence-corrected chi connectivity index (χ3v) is 3.38. The minimum atomic E-state index is 0.615. The summed E-state index contributed by atoms with van der Waals surface area (Å²) in [5.74, 6) is 1.21. The van der Waals surface area contributed by atoms with Crippen molar-refractivity contribution in [2.24, 2.45) is 0 Å². The molecular weight excluding hydrogens is 172 g/mol. The molecule has 0 bridgehead atoms. The van der Waals surface area contributed by atoms with Crippen LogP contribution in [0.5, 0.6) is 0 Å². The molecule has 1 aliphatic carbocycles. The Hall–Kier alpha value is -0.790. The Labute approximate surface area is 86.3 Å². The molecule has 1 atom stereocenters. The van der Waals surface area contributed by atoms with Crippen LogP contribution in [0.1, 0.15) is 56.4 Å². The van der Waals surface area contributed by atoms with Crippen molar-refractivity contribution in [3.8, 4) is 0 Å². The van der Waals surface area contributed by atoms with Gasteiger partial charge in [-0.15, -0.1) is 0 Å². The number of fused-ring (bicyclic) bond motifs is 1. The van der Waals surface area contributed by atoms with E-state index in [9.17, 15) is 0 Å². The number of hydrogen-bond acceptors (Lipinski definition) is 1. The molecule has 0 N–H and O–H groups in total. The fraction of sp³-hybridized carbons (Fsp3) is 0.750. The quantitative estimate of drug-likeness (QED) is 0.704. The summed E-state index contributed by atoms with van der Waals surface area (Å²) < 4.78 is 2.45. The van der Waals surface area contributed by atoms with Gasteiger partial charge in [-0.25, -0.2) is 4.98 Å². The van der Waals surface area contributed by atoms with Crippen LogP contribution < -0.4 is 0 Å². The summed E-state index contributed by atoms with van der Waals surface area (Å²) in [6.07, 6.45) is 6.29. The normalized spacial score (nSPS) is 17.9. The van der Waals surface area contributed by atoms with Gasteiger partial charge in [0, 0.05) is 11.7 Å². The van der Waals surface area contributed by atoms with E-state index in [1.165, 1.54) is 49.3 Å². The number of imidazole rings is 1. The molecule has 0 radical (unpaired) electrons. The molecule has 0 saturated heterocycles. The van der Waals surface area contributed by atoms with E-state index >= 15 is 0 Å². The van der Waals surface area contributed by atoms with Crippen molar-refractivity contribution >= 4 is 0 Å². The second-order valence-electron chi connectivity index (χ2n) is 4.39. The topological polar surface area (TPSA) is 17.8 Å². The van der Waals surface area contributed by atoms with Crippen molar-refractivity contribution in [1.82, 2.24) is 9.55 Å². The number of nitrogens with zero attached hydrogens (tertiary/aromatic N) is 2. The molecule has 0 amide bonds. The lowest BCUT2D eigenvalue weighted by Crippen LogP contribution is -2.12. The fourth-order valence-corrected chi connectivity index (χ4v) is 2.47. The highest BCUT2D eigenvalue weighted by atomic mass is 15.1. The maximum absolute atomic E-state index is 4.68. The van der Waals surface area contributed by atoms with E-state index in [4.69, 9.17) is 0 Å². The van der Waals surface area contributed by atoms with E-state index in [1.54, 1.807) is 0 Å². The van der Waals surface area contributed by atoms with Gasteiger partial charge in [-0.05, 0) is 46.0 Å². The van der Waals surface area contributed by atoms with E-state index in [2.05, 4.69) is 30.3 Å². The van der Waals surface area contributed by atoms with Crippen LogP contribution in [0.15, 0.2) is 0 Å². The van der Waals surface area contributed by atoms with E-state index in [-0.39, 0.29) is 0 Å². The zero-order chi connectivity index (χ0) is 10.1. The van der Waals surface area contributed by atoms with Crippen molar-refractivity contribution in [2.45, 2.75) is 58.9 Å². The van der Waals surface area contributed by atoms with Gasteiger partial charge in [-0.1, -0.05) is 6.92 Å². The number of aromatic nitrogens is 2. The van der Waals surface area contributed by atoms with Crippen LogP contribution in [0.4, 0.5) is 0 Å². The third-order valence-electron chi connectivity index (χ3n) is 3.38. The first-order valence-electron chi connectivity index (χ1n) is 5.80. The molecular formula is C12H20N2. The molecule has 2 heteroatoms. The monoisotopic (exact) mass is 192 g/mol. The van der Waals surface area contributed by atoms with Crippen molar-refractivity contribution in [1.29, 1.82) is 0 Å². The first-order valence-corrected chi connectivity index (χ1v) is 5.80. The number of hydrogen-bond donors (Lipinski definition) is 0. The Morgan fingerprint density at radius 2 is 2.07 bits per heavy atom. The van der Waals surface area contributed by atoms with Crippen molar-refractivity contribution < 1.29 is 0 Å². The van der Waals surface area contributed by atoms with Crippen molar-refractivity contribution in [3.63, 3.8) is 0 Å². The lowest BCUT2D eigenvalue weighted by molar-refractivity contribution is 0.489. The highest BCUT2D eigenvalue weighted by molar-refractivity contribution is 5.20. The average Bonchev–Trinajstić information content (AvgIpc) is 2.53. The van der Waals surface area contributed by atoms with Crippen molar-refractivity contribution in [3.05, 3.63) is 17.2 Å². The first kappa shape index (κ1) is 9.75. The van der Waals surface area contributed by atoms with Crippen LogP contribution in [-0.2, 0) is 12.8 Å². The first-order chi connectivity index (χ1) is 6.74. The third kappa shape index (κ3) is 1.47. The summed E-state index contributed by atoms with van der Waals surface area (Å²) in [5, 5.41) is 0. The van der Waals surface area contributed by atoms with Crippen molar-refractivity contribution in [2.75, 3.05) is 0 Å². The number of aryl methyl sites for hydroxylation is 2. The Balaban J connectivity index is 2.42. The molecule has 1 aromatic rings. The fourth-order valence-electron chi connectivity index (χ4n) is 2.47. The van der Waals surface area contributed by atoms with Gasteiger partial charge in [0.2, 0.25) is 0 Å². The van der Waals surface area contributed by atoms with Crippen LogP contribution >= 0.6 is 0 Å². The predicted molar refractivity (Wildman–Crippen MR) is 58.6 cm³/mol. The molecule has 1 aromatic heterocycles. The molecule has 0 spiro atoms. The molecule has 2 rings (SSSR count). The SMILES string of the molecule is CCC(C)n1c(C)nc2c1CCCC2. The Morgan fingerprint density at radius 3 is 2.79 bits per heavy atom. The second-order valence-corrected chi connectivity index (χ2v) is 4.39. The molecule has 2 nitrogen and oxygen atoms in total. The van der Waals surface area contributed by atoms with Gasteiger partial charge in [0.05, 0.1) is 5.69 Å². The van der Waals surface area contributed by atoms with Crippen LogP contribution in [-0.4, -0.2) is 9.55 Å². The largest absolute Gasteiger partial charge is 0.329 e. The zero-order valence-electron chi connectivity index (χ0n) is 9.51. The Morgan fingerprint density at radius 1 is 1.36 bits per heavy atom. The summed E-state index contributed by atoms with van der Waals surface area (Å²) in [7, 11) is 0.